The number of aromatic nitrogens is 4. The number of imidazole rings is 1. The fraction of sp³-hybridized carbons (Fsp3) is 0.350. The number of aliphatic hydroxyl groups excluding tert-OH is 1. The van der Waals surface area contributed by atoms with Crippen molar-refractivity contribution in [1.82, 2.24) is 19.5 Å². The Balaban J connectivity index is 1.57. The van der Waals surface area contributed by atoms with E-state index in [0.717, 1.165) is 5.56 Å². The summed E-state index contributed by atoms with van der Waals surface area (Å²) in [6, 6.07) is 6.25. The smallest absolute Gasteiger partial charge is 0.297 e. The van der Waals surface area contributed by atoms with Gasteiger partial charge < -0.3 is 20.3 Å². The van der Waals surface area contributed by atoms with Gasteiger partial charge in [0.15, 0.2) is 17.7 Å². The molecular formula is C20H23N5O6S. The molecular weight excluding hydrogens is 438 g/mol. The van der Waals surface area contributed by atoms with Crippen LogP contribution in [0.5, 0.6) is 0 Å². The second kappa shape index (κ2) is 8.92. The molecule has 3 aromatic rings. The molecule has 11 nitrogen and oxygen atoms in total. The Kier molecular flexibility index (Phi) is 6.22. The molecule has 3 heterocycles. The van der Waals surface area contributed by atoms with Gasteiger partial charge in [-0.15, -0.1) is 6.58 Å². The summed E-state index contributed by atoms with van der Waals surface area (Å²) in [5.41, 5.74) is 7.52. The standard InChI is InChI=1S/C20H23N5O6S/c1-3-8-29-17-16(26)14(9-30-32(27,28)13-6-4-12(2)5-7-13)31-20(17)25-11-24-15-18(21)22-10-23-19(15)25/h3-7,10-11,14,16-17,20,26H,1,8-9H2,2H3,(H2,21,22,23)/t14-,16-,17+,20-/m1/s1. The van der Waals surface area contributed by atoms with E-state index in [-0.39, 0.29) is 17.3 Å². The quantitative estimate of drug-likeness (QED) is 0.366. The van der Waals surface area contributed by atoms with Gasteiger partial charge in [0.1, 0.15) is 30.2 Å². The van der Waals surface area contributed by atoms with Crippen LogP contribution in [-0.2, 0) is 23.8 Å². The number of nitrogen functional groups attached to an aromatic ring is 1. The van der Waals surface area contributed by atoms with Crippen molar-refractivity contribution in [3.63, 3.8) is 0 Å². The zero-order valence-electron chi connectivity index (χ0n) is 17.2. The van der Waals surface area contributed by atoms with Gasteiger partial charge in [0, 0.05) is 0 Å². The first-order valence-corrected chi connectivity index (χ1v) is 11.2. The summed E-state index contributed by atoms with van der Waals surface area (Å²) >= 11 is 0. The fourth-order valence-electron chi connectivity index (χ4n) is 3.42. The minimum absolute atomic E-state index is 0.0133. The van der Waals surface area contributed by atoms with Crippen molar-refractivity contribution >= 4 is 27.1 Å². The molecule has 1 aromatic carbocycles. The molecule has 0 bridgehead atoms. The van der Waals surface area contributed by atoms with Crippen LogP contribution in [0.3, 0.4) is 0 Å². The molecule has 0 spiro atoms. The number of fused-ring (bicyclic) bond motifs is 1. The van der Waals surface area contributed by atoms with Gasteiger partial charge in [0.05, 0.1) is 24.4 Å². The highest BCUT2D eigenvalue weighted by Gasteiger charge is 2.46. The topological polar surface area (TPSA) is 152 Å². The van der Waals surface area contributed by atoms with E-state index in [9.17, 15) is 13.5 Å². The van der Waals surface area contributed by atoms with E-state index in [2.05, 4.69) is 21.5 Å². The van der Waals surface area contributed by atoms with E-state index < -0.39 is 41.3 Å². The van der Waals surface area contributed by atoms with Crippen LogP contribution in [0.2, 0.25) is 0 Å². The Morgan fingerprint density at radius 3 is 2.75 bits per heavy atom. The number of aliphatic hydroxyl groups is 1. The van der Waals surface area contributed by atoms with Gasteiger partial charge in [-0.25, -0.2) is 15.0 Å². The summed E-state index contributed by atoms with van der Waals surface area (Å²) in [5, 5.41) is 10.8. The lowest BCUT2D eigenvalue weighted by molar-refractivity contribution is -0.0627. The van der Waals surface area contributed by atoms with Gasteiger partial charge >= 0.3 is 0 Å². The highest BCUT2D eigenvalue weighted by molar-refractivity contribution is 7.86. The first-order chi connectivity index (χ1) is 15.3. The van der Waals surface area contributed by atoms with Crippen LogP contribution in [0.15, 0.2) is 54.5 Å². The van der Waals surface area contributed by atoms with Gasteiger partial charge in [-0.1, -0.05) is 23.8 Å². The normalized spacial score (nSPS) is 23.6. The molecule has 170 valence electrons. The minimum Gasteiger partial charge on any atom is -0.387 e. The van der Waals surface area contributed by atoms with Crippen molar-refractivity contribution in [3.8, 4) is 0 Å². The number of hydrogen-bond acceptors (Lipinski definition) is 10. The molecule has 2 aromatic heterocycles. The van der Waals surface area contributed by atoms with Gasteiger partial charge in [0.25, 0.3) is 10.1 Å². The van der Waals surface area contributed by atoms with Crippen molar-refractivity contribution in [2.45, 2.75) is 36.4 Å². The molecule has 4 rings (SSSR count). The van der Waals surface area contributed by atoms with Crippen molar-refractivity contribution in [1.29, 1.82) is 0 Å². The predicted molar refractivity (Wildman–Crippen MR) is 114 cm³/mol. The third kappa shape index (κ3) is 4.23. The van der Waals surface area contributed by atoms with E-state index in [1.807, 2.05) is 6.92 Å². The molecule has 32 heavy (non-hydrogen) atoms. The number of ether oxygens (including phenoxy) is 2. The SMILES string of the molecule is C=CCO[C@H]1[C@H](O)[C@@H](COS(=O)(=O)c2ccc(C)cc2)O[C@H]1n1cnc2c(N)ncnc21. The van der Waals surface area contributed by atoms with Gasteiger partial charge in [-0.2, -0.15) is 8.42 Å². The highest BCUT2D eigenvalue weighted by Crippen LogP contribution is 2.34. The van der Waals surface area contributed by atoms with Crippen molar-refractivity contribution < 1.29 is 27.2 Å². The maximum absolute atomic E-state index is 12.5. The molecule has 1 saturated heterocycles. The van der Waals surface area contributed by atoms with E-state index in [1.54, 1.807) is 16.7 Å². The van der Waals surface area contributed by atoms with E-state index in [1.165, 1.54) is 30.9 Å². The monoisotopic (exact) mass is 461 g/mol. The number of benzene rings is 1. The molecule has 1 aliphatic heterocycles. The zero-order chi connectivity index (χ0) is 22.9. The largest absolute Gasteiger partial charge is 0.387 e. The zero-order valence-corrected chi connectivity index (χ0v) is 18.1. The van der Waals surface area contributed by atoms with Crippen LogP contribution in [0.1, 0.15) is 11.8 Å². The predicted octanol–water partition coefficient (Wildman–Crippen LogP) is 0.952. The molecule has 0 amide bonds. The third-order valence-electron chi connectivity index (χ3n) is 5.08. The Morgan fingerprint density at radius 1 is 1.28 bits per heavy atom. The Bertz CT molecular complexity index is 1210. The van der Waals surface area contributed by atoms with Gasteiger partial charge in [-0.3, -0.25) is 8.75 Å². The molecule has 3 N–H and O–H groups in total. The molecule has 12 heteroatoms. The molecule has 0 saturated carbocycles. The van der Waals surface area contributed by atoms with Gasteiger partial charge in [0.2, 0.25) is 0 Å². The molecule has 0 radical (unpaired) electrons. The van der Waals surface area contributed by atoms with Crippen molar-refractivity contribution in [2.24, 2.45) is 0 Å². The molecule has 0 unspecified atom stereocenters. The highest BCUT2D eigenvalue weighted by atomic mass is 32.2. The Morgan fingerprint density at radius 2 is 2.03 bits per heavy atom. The van der Waals surface area contributed by atoms with E-state index in [4.69, 9.17) is 19.4 Å². The Labute approximate surface area is 184 Å². The summed E-state index contributed by atoms with van der Waals surface area (Å²) in [6.07, 6.45) is 0.356. The molecule has 4 atom stereocenters. The summed E-state index contributed by atoms with van der Waals surface area (Å²) in [4.78, 5) is 12.3. The summed E-state index contributed by atoms with van der Waals surface area (Å²) in [6.45, 7) is 5.19. The average molecular weight is 462 g/mol. The lowest BCUT2D eigenvalue weighted by Crippen LogP contribution is -2.36. The van der Waals surface area contributed by atoms with Crippen molar-refractivity contribution in [2.75, 3.05) is 18.9 Å². The Hall–Kier alpha value is -2.90. The maximum atomic E-state index is 12.5. The number of aryl methyl sites for hydroxylation is 1. The minimum atomic E-state index is -4.04. The fourth-order valence-corrected chi connectivity index (χ4v) is 4.34. The van der Waals surface area contributed by atoms with E-state index in [0.29, 0.717) is 11.2 Å². The van der Waals surface area contributed by atoms with Crippen LogP contribution in [-0.4, -0.2) is 64.6 Å². The van der Waals surface area contributed by atoms with Gasteiger partial charge in [-0.05, 0) is 19.1 Å². The number of anilines is 1. The van der Waals surface area contributed by atoms with Crippen molar-refractivity contribution in [3.05, 3.63) is 55.1 Å². The van der Waals surface area contributed by atoms with Crippen LogP contribution in [0.25, 0.3) is 11.2 Å². The number of hydrogen-bond donors (Lipinski definition) is 2. The summed E-state index contributed by atoms with van der Waals surface area (Å²) < 4.78 is 43.5. The second-order valence-corrected chi connectivity index (χ2v) is 8.89. The number of nitrogens with zero attached hydrogens (tertiary/aromatic N) is 4. The average Bonchev–Trinajstić information content (AvgIpc) is 3.33. The van der Waals surface area contributed by atoms with E-state index >= 15 is 0 Å². The van der Waals surface area contributed by atoms with Crippen LogP contribution in [0, 0.1) is 6.92 Å². The first-order valence-electron chi connectivity index (χ1n) is 9.77. The first kappa shape index (κ1) is 22.3. The number of rotatable bonds is 8. The third-order valence-corrected chi connectivity index (χ3v) is 6.37. The maximum Gasteiger partial charge on any atom is 0.297 e. The van der Waals surface area contributed by atoms with Crippen LogP contribution in [0.4, 0.5) is 5.82 Å². The molecule has 1 aliphatic rings. The molecule has 1 fully saturated rings. The number of nitrogens with two attached hydrogens (primary N) is 1. The lowest BCUT2D eigenvalue weighted by Gasteiger charge is -2.21. The van der Waals surface area contributed by atoms with Crippen LogP contribution < -0.4 is 5.73 Å². The lowest BCUT2D eigenvalue weighted by atomic mass is 10.1. The molecule has 0 aliphatic carbocycles. The van der Waals surface area contributed by atoms with Crippen LogP contribution >= 0.6 is 0 Å². The summed E-state index contributed by atoms with van der Waals surface area (Å²) in [5.74, 6) is 0.194. The second-order valence-electron chi connectivity index (χ2n) is 7.28. The summed E-state index contributed by atoms with van der Waals surface area (Å²) in [7, 11) is -4.04.